The first-order valence-electron chi connectivity index (χ1n) is 8.45. The lowest BCUT2D eigenvalue weighted by Gasteiger charge is -2.56. The van der Waals surface area contributed by atoms with Crippen LogP contribution in [0.25, 0.3) is 0 Å². The van der Waals surface area contributed by atoms with Crippen molar-refractivity contribution in [1.29, 1.82) is 0 Å². The Morgan fingerprint density at radius 3 is 2.23 bits per heavy atom. The Morgan fingerprint density at radius 2 is 1.64 bits per heavy atom. The molecule has 0 atom stereocenters. The highest BCUT2D eigenvalue weighted by Gasteiger charge is 2.51. The van der Waals surface area contributed by atoms with E-state index in [1.54, 1.807) is 0 Å². The molecule has 4 aliphatic rings. The third-order valence-electron chi connectivity index (χ3n) is 5.63. The lowest BCUT2D eigenvalue weighted by Crippen LogP contribution is -2.61. The highest BCUT2D eigenvalue weighted by Crippen LogP contribution is 2.55. The average Bonchev–Trinajstić information content (AvgIpc) is 2.46. The van der Waals surface area contributed by atoms with Crippen LogP contribution in [0.3, 0.4) is 0 Å². The zero-order valence-corrected chi connectivity index (χ0v) is 12.9. The van der Waals surface area contributed by atoms with Gasteiger partial charge < -0.3 is 15.4 Å². The molecule has 2 N–H and O–H groups in total. The van der Waals surface area contributed by atoms with Gasteiger partial charge in [-0.2, -0.15) is 0 Å². The number of rotatable bonds is 4. The van der Waals surface area contributed by atoms with Crippen molar-refractivity contribution in [2.45, 2.75) is 44.1 Å². The normalized spacial score (nSPS) is 35.2. The van der Waals surface area contributed by atoms with Crippen LogP contribution in [0.5, 0.6) is 5.75 Å². The van der Waals surface area contributed by atoms with Gasteiger partial charge in [0.15, 0.2) is 6.73 Å². The molecule has 0 aromatic heterocycles. The molecule has 118 valence electrons. The minimum Gasteiger partial charge on any atom is -0.473 e. The monoisotopic (exact) mass is 300 g/mol. The first-order chi connectivity index (χ1) is 10.7. The standard InChI is InChI=1S/C18H24N2O2/c21-17(19-12-22-16-4-2-1-3-5-16)20-18-9-13-6-14(10-18)8-15(7-13)11-18/h1-5,13-15H,6-12H2,(H2,19,20,21). The fourth-order valence-corrected chi connectivity index (χ4v) is 5.25. The molecule has 4 fully saturated rings. The summed E-state index contributed by atoms with van der Waals surface area (Å²) in [5, 5.41) is 6.11. The molecular weight excluding hydrogens is 276 g/mol. The van der Waals surface area contributed by atoms with E-state index in [0.29, 0.717) is 0 Å². The van der Waals surface area contributed by atoms with Gasteiger partial charge in [-0.1, -0.05) is 18.2 Å². The fourth-order valence-electron chi connectivity index (χ4n) is 5.25. The third kappa shape index (κ3) is 2.79. The summed E-state index contributed by atoms with van der Waals surface area (Å²) in [5.74, 6) is 3.30. The van der Waals surface area contributed by atoms with Gasteiger partial charge in [0.1, 0.15) is 5.75 Å². The summed E-state index contributed by atoms with van der Waals surface area (Å²) in [6, 6.07) is 9.48. The average molecular weight is 300 g/mol. The van der Waals surface area contributed by atoms with Crippen LogP contribution in [0.2, 0.25) is 0 Å². The molecule has 4 bridgehead atoms. The summed E-state index contributed by atoms with van der Waals surface area (Å²) < 4.78 is 5.53. The Kier molecular flexibility index (Phi) is 3.47. The number of amides is 2. The van der Waals surface area contributed by atoms with E-state index >= 15 is 0 Å². The summed E-state index contributed by atoms with van der Waals surface area (Å²) >= 11 is 0. The topological polar surface area (TPSA) is 50.4 Å². The Morgan fingerprint density at radius 1 is 1.05 bits per heavy atom. The number of urea groups is 1. The predicted octanol–water partition coefficient (Wildman–Crippen LogP) is 3.29. The highest BCUT2D eigenvalue weighted by molar-refractivity contribution is 5.74. The van der Waals surface area contributed by atoms with Crippen molar-refractivity contribution in [3.8, 4) is 5.75 Å². The first-order valence-corrected chi connectivity index (χ1v) is 8.45. The van der Waals surface area contributed by atoms with Crippen molar-refractivity contribution < 1.29 is 9.53 Å². The second kappa shape index (κ2) is 5.49. The van der Waals surface area contributed by atoms with Gasteiger partial charge >= 0.3 is 6.03 Å². The lowest BCUT2D eigenvalue weighted by molar-refractivity contribution is -0.0137. The van der Waals surface area contributed by atoms with Crippen LogP contribution in [0.15, 0.2) is 30.3 Å². The fraction of sp³-hybridized carbons (Fsp3) is 0.611. The van der Waals surface area contributed by atoms with Crippen LogP contribution in [0, 0.1) is 17.8 Å². The summed E-state index contributed by atoms with van der Waals surface area (Å²) in [4.78, 5) is 12.2. The number of para-hydroxylation sites is 1. The summed E-state index contributed by atoms with van der Waals surface area (Å²) in [6.07, 6.45) is 7.68. The zero-order valence-electron chi connectivity index (χ0n) is 12.9. The van der Waals surface area contributed by atoms with E-state index in [9.17, 15) is 4.79 Å². The largest absolute Gasteiger partial charge is 0.473 e. The summed E-state index contributed by atoms with van der Waals surface area (Å²) in [6.45, 7) is 0.211. The molecule has 4 heteroatoms. The van der Waals surface area contributed by atoms with Gasteiger partial charge in [0.25, 0.3) is 0 Å². The van der Waals surface area contributed by atoms with Crippen molar-refractivity contribution in [3.63, 3.8) is 0 Å². The molecule has 1 aromatic rings. The van der Waals surface area contributed by atoms with Gasteiger partial charge in [-0.15, -0.1) is 0 Å². The maximum absolute atomic E-state index is 12.2. The molecule has 0 aliphatic heterocycles. The van der Waals surface area contributed by atoms with Crippen LogP contribution in [0.1, 0.15) is 38.5 Å². The van der Waals surface area contributed by atoms with Crippen LogP contribution in [-0.2, 0) is 0 Å². The third-order valence-corrected chi connectivity index (χ3v) is 5.63. The van der Waals surface area contributed by atoms with Crippen molar-refractivity contribution in [2.24, 2.45) is 17.8 Å². The van der Waals surface area contributed by atoms with Crippen molar-refractivity contribution in [3.05, 3.63) is 30.3 Å². The SMILES string of the molecule is O=C(NCOc1ccccc1)NC12CC3CC(CC(C3)C1)C2. The van der Waals surface area contributed by atoms with Gasteiger partial charge in [0.05, 0.1) is 0 Å². The maximum atomic E-state index is 12.2. The van der Waals surface area contributed by atoms with E-state index in [1.807, 2.05) is 30.3 Å². The minimum absolute atomic E-state index is 0.0611. The molecule has 4 aliphatic carbocycles. The molecule has 1 aromatic carbocycles. The molecule has 2 amide bonds. The Balaban J connectivity index is 1.29. The smallest absolute Gasteiger partial charge is 0.317 e. The van der Waals surface area contributed by atoms with Crippen LogP contribution in [-0.4, -0.2) is 18.3 Å². The molecule has 0 heterocycles. The van der Waals surface area contributed by atoms with E-state index in [0.717, 1.165) is 23.5 Å². The van der Waals surface area contributed by atoms with E-state index in [-0.39, 0.29) is 18.3 Å². The molecule has 4 saturated carbocycles. The number of hydrogen-bond acceptors (Lipinski definition) is 2. The second-order valence-electron chi connectivity index (χ2n) is 7.43. The van der Waals surface area contributed by atoms with Gasteiger partial charge in [-0.05, 0) is 68.4 Å². The molecule has 0 radical (unpaired) electrons. The predicted molar refractivity (Wildman–Crippen MR) is 84.5 cm³/mol. The van der Waals surface area contributed by atoms with E-state index in [2.05, 4.69) is 10.6 Å². The molecule has 5 rings (SSSR count). The van der Waals surface area contributed by atoms with Crippen molar-refractivity contribution >= 4 is 6.03 Å². The van der Waals surface area contributed by atoms with Crippen LogP contribution >= 0.6 is 0 Å². The Hall–Kier alpha value is -1.71. The maximum Gasteiger partial charge on any atom is 0.317 e. The molecule has 4 nitrogen and oxygen atoms in total. The Labute approximate surface area is 131 Å². The van der Waals surface area contributed by atoms with Gasteiger partial charge in [0, 0.05) is 5.54 Å². The van der Waals surface area contributed by atoms with E-state index in [1.165, 1.54) is 38.5 Å². The van der Waals surface area contributed by atoms with Gasteiger partial charge in [-0.3, -0.25) is 0 Å². The van der Waals surface area contributed by atoms with Gasteiger partial charge in [-0.25, -0.2) is 4.79 Å². The quantitative estimate of drug-likeness (QED) is 0.838. The number of hydrogen-bond donors (Lipinski definition) is 2. The van der Waals surface area contributed by atoms with Crippen molar-refractivity contribution in [2.75, 3.05) is 6.73 Å². The Bertz CT molecular complexity index is 508. The van der Waals surface area contributed by atoms with E-state index in [4.69, 9.17) is 4.74 Å². The molecule has 0 unspecified atom stereocenters. The van der Waals surface area contributed by atoms with Crippen LogP contribution in [0.4, 0.5) is 4.79 Å². The first kappa shape index (κ1) is 13.9. The lowest BCUT2D eigenvalue weighted by atomic mass is 9.53. The number of benzene rings is 1. The second-order valence-corrected chi connectivity index (χ2v) is 7.43. The number of carbonyl (C=O) groups is 1. The summed E-state index contributed by atoms with van der Waals surface area (Å²) in [5.41, 5.74) is 0.0611. The zero-order chi connectivity index (χ0) is 15.0. The molecule has 0 spiro atoms. The van der Waals surface area contributed by atoms with Gasteiger partial charge in [0.2, 0.25) is 0 Å². The number of nitrogens with one attached hydrogen (secondary N) is 2. The molecule has 0 saturated heterocycles. The van der Waals surface area contributed by atoms with Crippen molar-refractivity contribution in [1.82, 2.24) is 10.6 Å². The number of carbonyl (C=O) groups excluding carboxylic acids is 1. The highest BCUT2D eigenvalue weighted by atomic mass is 16.5. The number of ether oxygens (including phenoxy) is 1. The molecule has 22 heavy (non-hydrogen) atoms. The minimum atomic E-state index is -0.0853. The van der Waals surface area contributed by atoms with Crippen LogP contribution < -0.4 is 15.4 Å². The summed E-state index contributed by atoms with van der Waals surface area (Å²) in [7, 11) is 0. The molecular formula is C18H24N2O2. The van der Waals surface area contributed by atoms with E-state index < -0.39 is 0 Å².